The molecule has 1 aliphatic rings. The summed E-state index contributed by atoms with van der Waals surface area (Å²) in [5, 5.41) is 0. The van der Waals surface area contributed by atoms with Crippen molar-refractivity contribution in [3.8, 4) is 0 Å². The highest BCUT2D eigenvalue weighted by Crippen LogP contribution is 2.49. The molecule has 0 saturated heterocycles. The van der Waals surface area contributed by atoms with Gasteiger partial charge in [0.15, 0.2) is 0 Å². The number of hydrogen-bond donors (Lipinski definition) is 0. The molecule has 1 heterocycles. The molecule has 1 aromatic rings. The molecule has 1 unspecified atom stereocenters. The third-order valence-corrected chi connectivity index (χ3v) is 4.27. The minimum absolute atomic E-state index is 0.00299. The van der Waals surface area contributed by atoms with Crippen LogP contribution in [0.25, 0.3) is 0 Å². The second-order valence-electron chi connectivity index (χ2n) is 4.50. The molecule has 0 N–H and O–H groups in total. The molecule has 110 valence electrons. The van der Waals surface area contributed by atoms with Gasteiger partial charge in [-0.15, -0.1) is 0 Å². The maximum Gasteiger partial charge on any atom is 0.454 e. The monoisotopic (exact) mass is 357 g/mol. The number of hydrogen-bond acceptors (Lipinski definition) is 1. The molecular weight excluding hydrogens is 349 g/mol. The summed E-state index contributed by atoms with van der Waals surface area (Å²) < 4.78 is 63.5. The second kappa shape index (κ2) is 4.68. The molecule has 1 atom stereocenters. The van der Waals surface area contributed by atoms with E-state index in [1.54, 1.807) is 0 Å². The molecule has 0 aromatic heterocycles. The minimum Gasteiger partial charge on any atom is -0.315 e. The van der Waals surface area contributed by atoms with Crippen molar-refractivity contribution < 1.29 is 26.7 Å². The van der Waals surface area contributed by atoms with Crippen LogP contribution in [0.3, 0.4) is 0 Å². The Kier molecular flexibility index (Phi) is 3.56. The van der Waals surface area contributed by atoms with E-state index in [4.69, 9.17) is 0 Å². The number of alkyl halides is 6. The normalized spacial score (nSPS) is 17.4. The van der Waals surface area contributed by atoms with Crippen LogP contribution in [-0.4, -0.2) is 25.1 Å². The zero-order valence-electron chi connectivity index (χ0n) is 10.1. The second-order valence-corrected chi connectivity index (χ2v) is 5.42. The quantitative estimate of drug-likeness (QED) is 0.581. The average molecular weight is 358 g/mol. The molecule has 0 spiro atoms. The van der Waals surface area contributed by atoms with Crippen LogP contribution in [0.1, 0.15) is 16.0 Å². The molecule has 0 saturated carbocycles. The SMILES string of the molecule is CN1C(=O)Cc2cc(C(Br)C(F)(F)C(F)(F)F)ccc21. The van der Waals surface area contributed by atoms with E-state index < -0.39 is 16.9 Å². The summed E-state index contributed by atoms with van der Waals surface area (Å²) in [7, 11) is 1.52. The molecule has 2 nitrogen and oxygen atoms in total. The third-order valence-electron chi connectivity index (χ3n) is 3.17. The highest BCUT2D eigenvalue weighted by atomic mass is 79.9. The number of rotatable bonds is 2. The Labute approximate surface area is 119 Å². The predicted octanol–water partition coefficient (Wildman–Crippen LogP) is 3.84. The van der Waals surface area contributed by atoms with Gasteiger partial charge in [0.2, 0.25) is 5.91 Å². The van der Waals surface area contributed by atoms with Crippen LogP contribution in [0.15, 0.2) is 18.2 Å². The van der Waals surface area contributed by atoms with E-state index in [-0.39, 0.29) is 17.9 Å². The molecule has 1 aliphatic heterocycles. The van der Waals surface area contributed by atoms with Crippen LogP contribution in [0, 0.1) is 0 Å². The molecule has 8 heteroatoms. The number of carbonyl (C=O) groups is 1. The standard InChI is InChI=1S/C12H9BrF5NO/c1-19-8-3-2-6(4-7(8)5-9(19)20)10(13)11(14,15)12(16,17)18/h2-4,10H,5H2,1H3. The van der Waals surface area contributed by atoms with Crippen molar-refractivity contribution in [1.82, 2.24) is 0 Å². The van der Waals surface area contributed by atoms with Gasteiger partial charge in [-0.3, -0.25) is 4.79 Å². The van der Waals surface area contributed by atoms with Gasteiger partial charge in [-0.1, -0.05) is 28.1 Å². The van der Waals surface area contributed by atoms with Gasteiger partial charge in [0.1, 0.15) is 4.83 Å². The van der Waals surface area contributed by atoms with Gasteiger partial charge in [0.05, 0.1) is 6.42 Å². The summed E-state index contributed by atoms with van der Waals surface area (Å²) in [6.07, 6.45) is -5.65. The molecule has 20 heavy (non-hydrogen) atoms. The number of benzene rings is 1. The van der Waals surface area contributed by atoms with Gasteiger partial charge in [0.25, 0.3) is 0 Å². The Balaban J connectivity index is 2.37. The Hall–Kier alpha value is -1.18. The van der Waals surface area contributed by atoms with Crippen LogP contribution in [0.4, 0.5) is 27.6 Å². The number of halogens is 6. The van der Waals surface area contributed by atoms with E-state index in [0.717, 1.165) is 6.07 Å². The Morgan fingerprint density at radius 2 is 1.85 bits per heavy atom. The fourth-order valence-corrected chi connectivity index (χ4v) is 2.55. The fourth-order valence-electron chi connectivity index (χ4n) is 2.00. The zero-order chi connectivity index (χ0) is 15.3. The Morgan fingerprint density at radius 1 is 1.25 bits per heavy atom. The first-order valence-electron chi connectivity index (χ1n) is 5.53. The summed E-state index contributed by atoms with van der Waals surface area (Å²) in [6.45, 7) is 0. The lowest BCUT2D eigenvalue weighted by molar-refractivity contribution is -0.281. The van der Waals surface area contributed by atoms with E-state index in [9.17, 15) is 26.7 Å². The van der Waals surface area contributed by atoms with E-state index in [0.29, 0.717) is 11.3 Å². The van der Waals surface area contributed by atoms with Crippen LogP contribution in [-0.2, 0) is 11.2 Å². The van der Waals surface area contributed by atoms with Crippen molar-refractivity contribution >= 4 is 27.5 Å². The average Bonchev–Trinajstić information content (AvgIpc) is 2.62. The Bertz CT molecular complexity index is 557. The fraction of sp³-hybridized carbons (Fsp3) is 0.417. The first kappa shape index (κ1) is 15.2. The summed E-state index contributed by atoms with van der Waals surface area (Å²) in [6, 6.07) is 3.74. The van der Waals surface area contributed by atoms with Crippen molar-refractivity contribution in [1.29, 1.82) is 0 Å². The maximum atomic E-state index is 13.3. The summed E-state index contributed by atoms with van der Waals surface area (Å²) in [5.41, 5.74) is 0.750. The number of amides is 1. The lowest BCUT2D eigenvalue weighted by Crippen LogP contribution is -2.40. The molecule has 0 aliphatic carbocycles. The van der Waals surface area contributed by atoms with Crippen molar-refractivity contribution in [2.75, 3.05) is 11.9 Å². The third kappa shape index (κ3) is 2.30. The number of likely N-dealkylation sites (N-methyl/N-ethyl adjacent to an activating group) is 1. The van der Waals surface area contributed by atoms with Gasteiger partial charge in [0, 0.05) is 12.7 Å². The van der Waals surface area contributed by atoms with Crippen LogP contribution in [0.2, 0.25) is 0 Å². The van der Waals surface area contributed by atoms with Crippen molar-refractivity contribution in [2.24, 2.45) is 0 Å². The van der Waals surface area contributed by atoms with Gasteiger partial charge >= 0.3 is 12.1 Å². The highest BCUT2D eigenvalue weighted by Gasteiger charge is 2.62. The summed E-state index contributed by atoms with van der Waals surface area (Å²) in [4.78, 5) is 10.6. The van der Waals surface area contributed by atoms with E-state index >= 15 is 0 Å². The first-order valence-corrected chi connectivity index (χ1v) is 6.45. The number of nitrogens with zero attached hydrogens (tertiary/aromatic N) is 1. The molecule has 0 fully saturated rings. The van der Waals surface area contributed by atoms with Gasteiger partial charge in [-0.25, -0.2) is 0 Å². The highest BCUT2D eigenvalue weighted by molar-refractivity contribution is 9.09. The zero-order valence-corrected chi connectivity index (χ0v) is 11.7. The molecule has 2 rings (SSSR count). The van der Waals surface area contributed by atoms with Gasteiger partial charge in [-0.2, -0.15) is 22.0 Å². The smallest absolute Gasteiger partial charge is 0.315 e. The first-order chi connectivity index (χ1) is 9.05. The van der Waals surface area contributed by atoms with Gasteiger partial charge < -0.3 is 4.90 Å². The number of anilines is 1. The lowest BCUT2D eigenvalue weighted by Gasteiger charge is -2.25. The molecular formula is C12H9BrF5NO. The van der Waals surface area contributed by atoms with Crippen molar-refractivity contribution in [3.63, 3.8) is 0 Å². The van der Waals surface area contributed by atoms with Crippen LogP contribution in [0.5, 0.6) is 0 Å². The van der Waals surface area contributed by atoms with Crippen molar-refractivity contribution in [3.05, 3.63) is 29.3 Å². The molecule has 0 bridgehead atoms. The molecule has 1 amide bonds. The minimum atomic E-state index is -5.65. The van der Waals surface area contributed by atoms with E-state index in [2.05, 4.69) is 15.9 Å². The van der Waals surface area contributed by atoms with Gasteiger partial charge in [-0.05, 0) is 17.2 Å². The molecule has 1 aromatic carbocycles. The maximum absolute atomic E-state index is 13.3. The van der Waals surface area contributed by atoms with Crippen molar-refractivity contribution in [2.45, 2.75) is 23.3 Å². The summed E-state index contributed by atoms with van der Waals surface area (Å²) >= 11 is 2.41. The van der Waals surface area contributed by atoms with Crippen LogP contribution < -0.4 is 4.90 Å². The topological polar surface area (TPSA) is 20.3 Å². The van der Waals surface area contributed by atoms with E-state index in [1.807, 2.05) is 0 Å². The number of carbonyl (C=O) groups excluding carboxylic acids is 1. The summed E-state index contributed by atoms with van der Waals surface area (Å²) in [5.74, 6) is -5.12. The predicted molar refractivity (Wildman–Crippen MR) is 66.2 cm³/mol. The lowest BCUT2D eigenvalue weighted by atomic mass is 10.0. The van der Waals surface area contributed by atoms with Crippen LogP contribution >= 0.6 is 15.9 Å². The largest absolute Gasteiger partial charge is 0.454 e. The Morgan fingerprint density at radius 3 is 2.40 bits per heavy atom. The molecule has 0 radical (unpaired) electrons. The number of fused-ring (bicyclic) bond motifs is 1. The van der Waals surface area contributed by atoms with E-state index in [1.165, 1.54) is 24.1 Å².